The van der Waals surface area contributed by atoms with E-state index in [9.17, 15) is 14.7 Å². The first-order chi connectivity index (χ1) is 16.5. The van der Waals surface area contributed by atoms with Crippen molar-refractivity contribution in [1.29, 1.82) is 0 Å². The highest BCUT2D eigenvalue weighted by Crippen LogP contribution is 2.36. The van der Waals surface area contributed by atoms with Gasteiger partial charge in [0, 0.05) is 46.3 Å². The Morgan fingerprint density at radius 2 is 1.97 bits per heavy atom. The number of allylic oxidation sites excluding steroid dienone is 1. The molecular formula is C24H21BrN4O4S. The zero-order valence-electron chi connectivity index (χ0n) is 18.0. The molecule has 0 aliphatic carbocycles. The van der Waals surface area contributed by atoms with Crippen molar-refractivity contribution < 1.29 is 14.6 Å². The molecule has 0 saturated carbocycles. The minimum Gasteiger partial charge on any atom is -0.493 e. The number of thiazole rings is 1. The van der Waals surface area contributed by atoms with Crippen LogP contribution in [-0.4, -0.2) is 48.1 Å². The summed E-state index contributed by atoms with van der Waals surface area (Å²) in [6.07, 6.45) is 3.40. The number of rotatable bonds is 5. The lowest BCUT2D eigenvalue weighted by atomic mass is 10.1. The number of anilines is 2. The molecule has 0 spiro atoms. The van der Waals surface area contributed by atoms with Crippen molar-refractivity contribution in [3.63, 3.8) is 0 Å². The third kappa shape index (κ3) is 4.70. The molecule has 1 amide bonds. The van der Waals surface area contributed by atoms with E-state index in [-0.39, 0.29) is 12.4 Å². The molecule has 34 heavy (non-hydrogen) atoms. The standard InChI is InChI=1S/C24H21BrN4O4S/c25-16-1-6-20-19(12-16)15(13-26-20)11-21-23(31)29(24(32)34-21)14-22(30)27-17-2-4-18(5-3-17)28-7-9-33-10-8-28/h1-6,11-13,31H,7-10,14H2,(H,27,30)/b15-11-. The van der Waals surface area contributed by atoms with Gasteiger partial charge in [-0.15, -0.1) is 0 Å². The van der Waals surface area contributed by atoms with Gasteiger partial charge in [0.05, 0.1) is 23.8 Å². The number of nitrogens with one attached hydrogen (secondary N) is 1. The van der Waals surface area contributed by atoms with Gasteiger partial charge in [-0.25, -0.2) is 0 Å². The summed E-state index contributed by atoms with van der Waals surface area (Å²) in [4.78, 5) is 31.6. The Hall–Kier alpha value is -3.21. The molecule has 2 N–H and O–H groups in total. The fraction of sp³-hybridized carbons (Fsp3) is 0.208. The molecule has 3 heterocycles. The molecule has 0 unspecified atom stereocenters. The minimum atomic E-state index is -0.411. The molecule has 1 fully saturated rings. The molecule has 5 rings (SSSR count). The number of morpholine rings is 1. The van der Waals surface area contributed by atoms with Gasteiger partial charge in [0.15, 0.2) is 0 Å². The van der Waals surface area contributed by atoms with Crippen molar-refractivity contribution in [2.75, 3.05) is 36.5 Å². The molecule has 1 saturated heterocycles. The van der Waals surface area contributed by atoms with Gasteiger partial charge in [-0.05, 0) is 48.5 Å². The number of aliphatic imine (C=N–C) groups is 1. The maximum absolute atomic E-state index is 12.6. The Morgan fingerprint density at radius 1 is 1.21 bits per heavy atom. The van der Waals surface area contributed by atoms with Gasteiger partial charge in [0.1, 0.15) is 6.54 Å². The maximum Gasteiger partial charge on any atom is 0.311 e. The number of fused-ring (bicyclic) bond motifs is 1. The van der Waals surface area contributed by atoms with Crippen LogP contribution in [0.2, 0.25) is 0 Å². The van der Waals surface area contributed by atoms with Crippen LogP contribution in [0.4, 0.5) is 17.1 Å². The van der Waals surface area contributed by atoms with Crippen molar-refractivity contribution in [2.24, 2.45) is 4.99 Å². The van der Waals surface area contributed by atoms with Gasteiger partial charge in [-0.1, -0.05) is 27.3 Å². The molecule has 0 radical (unpaired) electrons. The third-order valence-electron chi connectivity index (χ3n) is 5.62. The summed E-state index contributed by atoms with van der Waals surface area (Å²) in [5.41, 5.74) is 4.19. The van der Waals surface area contributed by atoms with Gasteiger partial charge in [-0.3, -0.25) is 19.1 Å². The average Bonchev–Trinajstić information content (AvgIpc) is 3.35. The Kier molecular flexibility index (Phi) is 6.36. The summed E-state index contributed by atoms with van der Waals surface area (Å²) in [7, 11) is 0. The van der Waals surface area contributed by atoms with E-state index in [0.29, 0.717) is 23.8 Å². The van der Waals surface area contributed by atoms with E-state index in [0.717, 1.165) is 56.0 Å². The highest BCUT2D eigenvalue weighted by Gasteiger charge is 2.19. The van der Waals surface area contributed by atoms with Crippen LogP contribution < -0.4 is 15.1 Å². The second-order valence-corrected chi connectivity index (χ2v) is 9.76. The van der Waals surface area contributed by atoms with E-state index in [2.05, 4.69) is 31.1 Å². The molecule has 1 aromatic heterocycles. The molecule has 0 atom stereocenters. The van der Waals surface area contributed by atoms with Gasteiger partial charge in [0.25, 0.3) is 0 Å². The Bertz CT molecular complexity index is 1350. The second kappa shape index (κ2) is 9.57. The SMILES string of the molecule is O=C(Cn1c(O)c(/C=C2/C=Nc3ccc(Br)cc32)sc1=O)Nc1ccc(N2CCOCC2)cc1. The molecule has 2 aliphatic rings. The topological polar surface area (TPSA) is 96.2 Å². The first-order valence-corrected chi connectivity index (χ1v) is 12.3. The molecule has 2 aromatic carbocycles. The fourth-order valence-corrected chi connectivity index (χ4v) is 5.08. The molecule has 2 aliphatic heterocycles. The number of benzene rings is 2. The maximum atomic E-state index is 12.6. The van der Waals surface area contributed by atoms with E-state index in [1.165, 1.54) is 0 Å². The van der Waals surface area contributed by atoms with Crippen LogP contribution in [0.1, 0.15) is 10.4 Å². The van der Waals surface area contributed by atoms with Crippen LogP contribution in [0.3, 0.4) is 0 Å². The number of amides is 1. The number of carbonyl (C=O) groups excluding carboxylic acids is 1. The summed E-state index contributed by atoms with van der Waals surface area (Å²) < 4.78 is 7.36. The first-order valence-electron chi connectivity index (χ1n) is 10.7. The van der Waals surface area contributed by atoms with Crippen molar-refractivity contribution in [2.45, 2.75) is 6.54 Å². The van der Waals surface area contributed by atoms with E-state index in [1.807, 2.05) is 42.5 Å². The average molecular weight is 541 g/mol. The van der Waals surface area contributed by atoms with Crippen LogP contribution in [-0.2, 0) is 16.1 Å². The van der Waals surface area contributed by atoms with Gasteiger partial charge in [-0.2, -0.15) is 0 Å². The summed E-state index contributed by atoms with van der Waals surface area (Å²) in [5, 5.41) is 13.4. The Labute approximate surface area is 208 Å². The number of hydrogen-bond acceptors (Lipinski definition) is 7. The van der Waals surface area contributed by atoms with E-state index in [4.69, 9.17) is 4.74 Å². The van der Waals surface area contributed by atoms with Crippen molar-refractivity contribution in [3.05, 3.63) is 67.0 Å². The van der Waals surface area contributed by atoms with Crippen LogP contribution in [0.5, 0.6) is 5.88 Å². The first kappa shape index (κ1) is 22.6. The second-order valence-electron chi connectivity index (χ2n) is 7.86. The summed E-state index contributed by atoms with van der Waals surface area (Å²) >= 11 is 4.34. The fourth-order valence-electron chi connectivity index (χ4n) is 3.89. The lowest BCUT2D eigenvalue weighted by Gasteiger charge is -2.28. The minimum absolute atomic E-state index is 0.239. The lowest BCUT2D eigenvalue weighted by molar-refractivity contribution is -0.116. The Balaban J connectivity index is 1.28. The van der Waals surface area contributed by atoms with Crippen LogP contribution in [0, 0.1) is 0 Å². The number of carbonyl (C=O) groups is 1. The largest absolute Gasteiger partial charge is 0.493 e. The molecule has 8 nitrogen and oxygen atoms in total. The summed E-state index contributed by atoms with van der Waals surface area (Å²) in [6, 6.07) is 13.3. The monoisotopic (exact) mass is 540 g/mol. The zero-order valence-corrected chi connectivity index (χ0v) is 20.4. The van der Waals surface area contributed by atoms with E-state index >= 15 is 0 Å². The van der Waals surface area contributed by atoms with Gasteiger partial charge < -0.3 is 20.1 Å². The molecule has 174 valence electrons. The lowest BCUT2D eigenvalue weighted by Crippen LogP contribution is -2.36. The van der Waals surface area contributed by atoms with Gasteiger partial charge in [0.2, 0.25) is 11.8 Å². The number of halogens is 1. The molecular weight excluding hydrogens is 520 g/mol. The zero-order chi connectivity index (χ0) is 23.7. The molecule has 0 bridgehead atoms. The van der Waals surface area contributed by atoms with Gasteiger partial charge >= 0.3 is 4.87 Å². The van der Waals surface area contributed by atoms with Crippen molar-refractivity contribution in [1.82, 2.24) is 4.57 Å². The quantitative estimate of drug-likeness (QED) is 0.507. The van der Waals surface area contributed by atoms with E-state index in [1.54, 1.807) is 12.3 Å². The van der Waals surface area contributed by atoms with Crippen molar-refractivity contribution in [3.8, 4) is 5.88 Å². The predicted molar refractivity (Wildman–Crippen MR) is 139 cm³/mol. The van der Waals surface area contributed by atoms with Crippen LogP contribution in [0.15, 0.2) is 56.7 Å². The highest BCUT2D eigenvalue weighted by atomic mass is 79.9. The number of hydrogen-bond donors (Lipinski definition) is 2. The third-order valence-corrected chi connectivity index (χ3v) is 7.03. The number of ether oxygens (including phenoxy) is 1. The van der Waals surface area contributed by atoms with Crippen molar-refractivity contribution >= 4 is 68.1 Å². The Morgan fingerprint density at radius 3 is 2.74 bits per heavy atom. The summed E-state index contributed by atoms with van der Waals surface area (Å²) in [5.74, 6) is -0.637. The smallest absolute Gasteiger partial charge is 0.311 e. The normalized spacial score (nSPS) is 16.1. The number of aromatic nitrogens is 1. The number of aromatic hydroxyl groups is 1. The van der Waals surface area contributed by atoms with Crippen LogP contribution >= 0.6 is 27.3 Å². The van der Waals surface area contributed by atoms with E-state index < -0.39 is 10.8 Å². The molecule has 3 aromatic rings. The predicted octanol–water partition coefficient (Wildman–Crippen LogP) is 4.11. The van der Waals surface area contributed by atoms with Crippen LogP contribution in [0.25, 0.3) is 11.6 Å². The molecule has 10 heteroatoms. The highest BCUT2D eigenvalue weighted by molar-refractivity contribution is 9.10. The number of nitrogens with zero attached hydrogens (tertiary/aromatic N) is 3. The summed E-state index contributed by atoms with van der Waals surface area (Å²) in [6.45, 7) is 2.78.